The van der Waals surface area contributed by atoms with Gasteiger partial charge in [0.25, 0.3) is 0 Å². The molecule has 0 saturated heterocycles. The van der Waals surface area contributed by atoms with Crippen LogP contribution >= 0.6 is 0 Å². The molecule has 11 heteroatoms. The van der Waals surface area contributed by atoms with Gasteiger partial charge in [-0.15, -0.1) is 0 Å². The topological polar surface area (TPSA) is 136 Å². The van der Waals surface area contributed by atoms with Gasteiger partial charge in [0.2, 0.25) is 21.7 Å². The Kier molecular flexibility index (Phi) is 7.34. The van der Waals surface area contributed by atoms with Crippen LogP contribution in [0.4, 0.5) is 5.69 Å². The number of carbonyl (C=O) groups excluding carboxylic acids is 3. The summed E-state index contributed by atoms with van der Waals surface area (Å²) in [6.45, 7) is 6.12. The lowest BCUT2D eigenvalue weighted by Crippen LogP contribution is -2.34. The molecule has 2 N–H and O–H groups in total. The molecule has 168 valence electrons. The molecular formula is C20H26N4O6S. The third kappa shape index (κ3) is 6.72. The minimum atomic E-state index is -3.92. The zero-order valence-electron chi connectivity index (χ0n) is 18.0. The van der Waals surface area contributed by atoms with Crippen LogP contribution in [-0.4, -0.2) is 48.5 Å². The summed E-state index contributed by atoms with van der Waals surface area (Å²) in [7, 11) is -2.36. The fraction of sp³-hybridized carbons (Fsp3) is 0.400. The van der Waals surface area contributed by atoms with E-state index >= 15 is 0 Å². The smallest absolute Gasteiger partial charge is 0.321 e. The van der Waals surface area contributed by atoms with Gasteiger partial charge in [0.1, 0.15) is 11.4 Å². The molecule has 1 unspecified atom stereocenters. The number of benzene rings is 1. The predicted molar refractivity (Wildman–Crippen MR) is 113 cm³/mol. The molecule has 0 radical (unpaired) electrons. The highest BCUT2D eigenvalue weighted by Crippen LogP contribution is 2.18. The molecular weight excluding hydrogens is 424 g/mol. The molecule has 1 aromatic carbocycles. The molecule has 2 rings (SSSR count). The van der Waals surface area contributed by atoms with E-state index in [1.807, 2.05) is 0 Å². The molecule has 0 fully saturated rings. The number of esters is 1. The highest BCUT2D eigenvalue weighted by atomic mass is 32.2. The van der Waals surface area contributed by atoms with Gasteiger partial charge in [-0.1, -0.05) is 20.8 Å². The number of amides is 1. The van der Waals surface area contributed by atoms with Crippen molar-refractivity contribution in [1.29, 1.82) is 0 Å². The van der Waals surface area contributed by atoms with Crippen LogP contribution in [0.15, 0.2) is 41.6 Å². The SMILES string of the molecule is CC(OC(=O)CNS(=O)(=O)c1cnn(C)c1)C(=O)c1ccc(NC(=O)C(C)(C)C)cc1. The number of aryl methyl sites for hydroxylation is 1. The van der Waals surface area contributed by atoms with E-state index in [0.717, 1.165) is 6.20 Å². The summed E-state index contributed by atoms with van der Waals surface area (Å²) in [6, 6.07) is 6.17. The van der Waals surface area contributed by atoms with Crippen LogP contribution in [0.5, 0.6) is 0 Å². The average molecular weight is 451 g/mol. The molecule has 10 nitrogen and oxygen atoms in total. The highest BCUT2D eigenvalue weighted by molar-refractivity contribution is 7.89. The zero-order valence-corrected chi connectivity index (χ0v) is 18.8. The first-order chi connectivity index (χ1) is 14.3. The van der Waals surface area contributed by atoms with Crippen molar-refractivity contribution in [3.8, 4) is 0 Å². The maximum atomic E-state index is 12.5. The molecule has 0 spiro atoms. The second-order valence-electron chi connectivity index (χ2n) is 7.95. The predicted octanol–water partition coefficient (Wildman–Crippen LogP) is 1.50. The van der Waals surface area contributed by atoms with Crippen molar-refractivity contribution in [2.45, 2.75) is 38.7 Å². The minimum Gasteiger partial charge on any atom is -0.453 e. The summed E-state index contributed by atoms with van der Waals surface area (Å²) < 4.78 is 32.6. The first kappa shape index (κ1) is 24.2. The van der Waals surface area contributed by atoms with E-state index < -0.39 is 39.8 Å². The van der Waals surface area contributed by atoms with Crippen molar-refractivity contribution in [2.75, 3.05) is 11.9 Å². The summed E-state index contributed by atoms with van der Waals surface area (Å²) in [5, 5.41) is 6.51. The normalized spacial score (nSPS) is 12.8. The number of hydrogen-bond acceptors (Lipinski definition) is 7. The van der Waals surface area contributed by atoms with Crippen LogP contribution in [0, 0.1) is 5.41 Å². The highest BCUT2D eigenvalue weighted by Gasteiger charge is 2.23. The molecule has 0 aliphatic carbocycles. The first-order valence-electron chi connectivity index (χ1n) is 9.43. The molecule has 0 saturated carbocycles. The van der Waals surface area contributed by atoms with Crippen molar-refractivity contribution in [3.05, 3.63) is 42.2 Å². The van der Waals surface area contributed by atoms with E-state index in [1.165, 1.54) is 29.9 Å². The summed E-state index contributed by atoms with van der Waals surface area (Å²) in [6.07, 6.45) is 1.31. The maximum Gasteiger partial charge on any atom is 0.321 e. The lowest BCUT2D eigenvalue weighted by molar-refractivity contribution is -0.144. The quantitative estimate of drug-likeness (QED) is 0.459. The van der Waals surface area contributed by atoms with Gasteiger partial charge in [0.05, 0.1) is 6.20 Å². The van der Waals surface area contributed by atoms with Gasteiger partial charge in [0, 0.05) is 29.9 Å². The Morgan fingerprint density at radius 1 is 1.16 bits per heavy atom. The van der Waals surface area contributed by atoms with E-state index in [9.17, 15) is 22.8 Å². The number of aromatic nitrogens is 2. The Morgan fingerprint density at radius 2 is 1.77 bits per heavy atom. The molecule has 0 bridgehead atoms. The fourth-order valence-corrected chi connectivity index (χ4v) is 3.29. The van der Waals surface area contributed by atoms with E-state index in [4.69, 9.17) is 4.74 Å². The van der Waals surface area contributed by atoms with Crippen molar-refractivity contribution < 1.29 is 27.5 Å². The van der Waals surface area contributed by atoms with Crippen LogP contribution in [0.3, 0.4) is 0 Å². The Morgan fingerprint density at radius 3 is 2.29 bits per heavy atom. The number of nitrogens with one attached hydrogen (secondary N) is 2. The van der Waals surface area contributed by atoms with Gasteiger partial charge in [-0.05, 0) is 31.2 Å². The summed E-state index contributed by atoms with van der Waals surface area (Å²) in [5.41, 5.74) is 0.256. The molecule has 1 heterocycles. The molecule has 1 amide bonds. The molecule has 1 atom stereocenters. The summed E-state index contributed by atoms with van der Waals surface area (Å²) >= 11 is 0. The second kappa shape index (κ2) is 9.40. The molecule has 0 aliphatic heterocycles. The Hall–Kier alpha value is -3.05. The van der Waals surface area contributed by atoms with Crippen molar-refractivity contribution in [1.82, 2.24) is 14.5 Å². The average Bonchev–Trinajstić information content (AvgIpc) is 3.13. The minimum absolute atomic E-state index is 0.0921. The van der Waals surface area contributed by atoms with Crippen LogP contribution < -0.4 is 10.0 Å². The van der Waals surface area contributed by atoms with E-state index in [-0.39, 0.29) is 16.4 Å². The second-order valence-corrected chi connectivity index (χ2v) is 9.72. The molecule has 1 aromatic heterocycles. The summed E-state index contributed by atoms with van der Waals surface area (Å²) in [4.78, 5) is 36.4. The van der Waals surface area contributed by atoms with E-state index in [2.05, 4.69) is 15.1 Å². The van der Waals surface area contributed by atoms with E-state index in [0.29, 0.717) is 5.69 Å². The lowest BCUT2D eigenvalue weighted by atomic mass is 9.95. The van der Waals surface area contributed by atoms with Crippen LogP contribution in [-0.2, 0) is 31.4 Å². The van der Waals surface area contributed by atoms with Crippen LogP contribution in [0.25, 0.3) is 0 Å². The number of Topliss-reactive ketones (excluding diaryl/α,β-unsaturated/α-hetero) is 1. The fourth-order valence-electron chi connectivity index (χ4n) is 2.34. The van der Waals surface area contributed by atoms with Gasteiger partial charge in [-0.2, -0.15) is 9.82 Å². The number of rotatable bonds is 8. The van der Waals surface area contributed by atoms with E-state index in [1.54, 1.807) is 40.0 Å². The third-order valence-corrected chi connectivity index (χ3v) is 5.54. The number of anilines is 1. The first-order valence-corrected chi connectivity index (χ1v) is 10.9. The number of nitrogens with zero attached hydrogens (tertiary/aromatic N) is 2. The van der Waals surface area contributed by atoms with Crippen molar-refractivity contribution in [3.63, 3.8) is 0 Å². The largest absolute Gasteiger partial charge is 0.453 e. The maximum absolute atomic E-state index is 12.5. The van der Waals surface area contributed by atoms with Gasteiger partial charge in [0.15, 0.2) is 6.10 Å². The van der Waals surface area contributed by atoms with Gasteiger partial charge >= 0.3 is 5.97 Å². The number of hydrogen-bond donors (Lipinski definition) is 2. The Labute approximate surface area is 181 Å². The van der Waals surface area contributed by atoms with Crippen molar-refractivity contribution >= 4 is 33.4 Å². The molecule has 31 heavy (non-hydrogen) atoms. The number of ketones is 1. The zero-order chi connectivity index (χ0) is 23.4. The number of ether oxygens (including phenoxy) is 1. The van der Waals surface area contributed by atoms with Gasteiger partial charge in [-0.3, -0.25) is 19.1 Å². The number of carbonyl (C=O) groups is 3. The van der Waals surface area contributed by atoms with Crippen molar-refractivity contribution in [2.24, 2.45) is 12.5 Å². The van der Waals surface area contributed by atoms with Gasteiger partial charge < -0.3 is 10.1 Å². The van der Waals surface area contributed by atoms with Crippen LogP contribution in [0.1, 0.15) is 38.1 Å². The monoisotopic (exact) mass is 450 g/mol. The summed E-state index contributed by atoms with van der Waals surface area (Å²) in [5.74, 6) is -1.53. The lowest BCUT2D eigenvalue weighted by Gasteiger charge is -2.18. The molecule has 0 aliphatic rings. The standard InChI is InChI=1S/C20H26N4O6S/c1-13(30-17(25)11-22-31(28,29)16-10-21-24(5)12-16)18(26)14-6-8-15(9-7-14)23-19(27)20(2,3)4/h6-10,12-13,22H,11H2,1-5H3,(H,23,27). The Bertz CT molecular complexity index is 1070. The third-order valence-electron chi connectivity index (χ3n) is 4.18. The molecule has 2 aromatic rings. The number of sulfonamides is 1. The van der Waals surface area contributed by atoms with Crippen LogP contribution in [0.2, 0.25) is 0 Å². The Balaban J connectivity index is 1.91. The van der Waals surface area contributed by atoms with Gasteiger partial charge in [-0.25, -0.2) is 8.42 Å².